The minimum absolute atomic E-state index is 0.293. The number of aliphatic hydroxyl groups is 2. The summed E-state index contributed by atoms with van der Waals surface area (Å²) in [6.07, 6.45) is -3.63. The first-order valence-electron chi connectivity index (χ1n) is 8.40. The van der Waals surface area contributed by atoms with Gasteiger partial charge in [0.05, 0.1) is 18.6 Å². The fraction of sp³-hybridized carbons (Fsp3) is 0.667. The highest BCUT2D eigenvalue weighted by molar-refractivity contribution is 7.80. The monoisotopic (exact) mass is 438 g/mol. The van der Waals surface area contributed by atoms with E-state index < -0.39 is 72.5 Å². The number of nitrogens with one attached hydrogen (secondary N) is 3. The van der Waals surface area contributed by atoms with Crippen LogP contribution in [0.2, 0.25) is 0 Å². The third-order valence-electron chi connectivity index (χ3n) is 3.69. The average Bonchev–Trinajstić information content (AvgIpc) is 2.61. The summed E-state index contributed by atoms with van der Waals surface area (Å²) in [5.41, 5.74) is 5.44. The summed E-state index contributed by atoms with van der Waals surface area (Å²) in [5, 5.41) is 43.1. The van der Waals surface area contributed by atoms with Crippen LogP contribution >= 0.6 is 12.6 Å². The maximum atomic E-state index is 12.4. The molecule has 9 N–H and O–H groups in total. The zero-order valence-electron chi connectivity index (χ0n) is 15.7. The number of carbonyl (C=O) groups is 5. The number of carboxylic acid groups (broad SMARTS) is 2. The van der Waals surface area contributed by atoms with E-state index in [1.54, 1.807) is 0 Å². The number of aliphatic carboxylic acids is 2. The third-order valence-corrected chi connectivity index (χ3v) is 4.06. The lowest BCUT2D eigenvalue weighted by atomic mass is 10.1. The Morgan fingerprint density at radius 3 is 1.76 bits per heavy atom. The van der Waals surface area contributed by atoms with Gasteiger partial charge in [0.1, 0.15) is 24.2 Å². The maximum absolute atomic E-state index is 12.4. The van der Waals surface area contributed by atoms with E-state index in [2.05, 4.69) is 17.9 Å². The summed E-state index contributed by atoms with van der Waals surface area (Å²) < 4.78 is 0. The number of rotatable bonds is 12. The van der Waals surface area contributed by atoms with Crippen LogP contribution in [0.5, 0.6) is 0 Å². The summed E-state index contributed by atoms with van der Waals surface area (Å²) >= 11 is 3.76. The molecule has 13 nitrogen and oxygen atoms in total. The second-order valence-electron chi connectivity index (χ2n) is 6.23. The Morgan fingerprint density at radius 2 is 1.38 bits per heavy atom. The first-order valence-corrected chi connectivity index (χ1v) is 9.03. The Balaban J connectivity index is 5.38. The number of carbonyl (C=O) groups excluding carboxylic acids is 3. The molecule has 0 aliphatic heterocycles. The average molecular weight is 438 g/mol. The van der Waals surface area contributed by atoms with Crippen molar-refractivity contribution in [2.45, 2.75) is 56.6 Å². The molecular formula is C15H26N4O9S. The lowest BCUT2D eigenvalue weighted by Crippen LogP contribution is -2.61. The van der Waals surface area contributed by atoms with Gasteiger partial charge >= 0.3 is 11.9 Å². The van der Waals surface area contributed by atoms with Gasteiger partial charge in [-0.05, 0) is 13.8 Å². The number of nitrogens with two attached hydrogens (primary N) is 1. The van der Waals surface area contributed by atoms with Crippen LogP contribution in [0.1, 0.15) is 20.3 Å². The molecule has 0 radical (unpaired) electrons. The molecule has 0 aliphatic rings. The van der Waals surface area contributed by atoms with Gasteiger partial charge in [0.15, 0.2) is 0 Å². The van der Waals surface area contributed by atoms with Gasteiger partial charge in [0.25, 0.3) is 0 Å². The molecule has 0 bridgehead atoms. The van der Waals surface area contributed by atoms with Crippen molar-refractivity contribution in [2.75, 3.05) is 5.75 Å². The van der Waals surface area contributed by atoms with Crippen molar-refractivity contribution in [3.05, 3.63) is 0 Å². The molecule has 0 saturated heterocycles. The Morgan fingerprint density at radius 1 is 0.862 bits per heavy atom. The van der Waals surface area contributed by atoms with Gasteiger partial charge in [-0.3, -0.25) is 19.2 Å². The minimum atomic E-state index is -1.70. The van der Waals surface area contributed by atoms with E-state index in [9.17, 15) is 34.2 Å². The summed E-state index contributed by atoms with van der Waals surface area (Å²) in [4.78, 5) is 58.5. The van der Waals surface area contributed by atoms with E-state index >= 15 is 0 Å². The predicted molar refractivity (Wildman–Crippen MR) is 101 cm³/mol. The predicted octanol–water partition coefficient (Wildman–Crippen LogP) is -3.98. The molecule has 0 aromatic carbocycles. The molecule has 0 fully saturated rings. The van der Waals surface area contributed by atoms with Crippen LogP contribution in [0.4, 0.5) is 0 Å². The van der Waals surface area contributed by atoms with E-state index in [0.717, 1.165) is 6.92 Å². The molecule has 29 heavy (non-hydrogen) atoms. The Bertz CT molecular complexity index is 629. The molecule has 0 rings (SSSR count). The lowest BCUT2D eigenvalue weighted by molar-refractivity contribution is -0.143. The van der Waals surface area contributed by atoms with Crippen molar-refractivity contribution in [3.8, 4) is 0 Å². The molecule has 0 spiro atoms. The van der Waals surface area contributed by atoms with Crippen LogP contribution in [-0.4, -0.2) is 92.2 Å². The number of aliphatic hydroxyl groups excluding tert-OH is 2. The fourth-order valence-electron chi connectivity index (χ4n) is 1.98. The molecule has 0 aliphatic carbocycles. The summed E-state index contributed by atoms with van der Waals surface area (Å²) in [6, 6.07) is -6.17. The molecule has 0 saturated carbocycles. The number of hydrogen-bond acceptors (Lipinski definition) is 9. The Labute approximate surface area is 171 Å². The van der Waals surface area contributed by atoms with E-state index in [-0.39, 0.29) is 5.75 Å². The highest BCUT2D eigenvalue weighted by Crippen LogP contribution is 2.01. The van der Waals surface area contributed by atoms with E-state index in [1.165, 1.54) is 6.92 Å². The second kappa shape index (κ2) is 12.2. The molecule has 0 aromatic heterocycles. The first kappa shape index (κ1) is 26.6. The maximum Gasteiger partial charge on any atom is 0.327 e. The smallest absolute Gasteiger partial charge is 0.327 e. The van der Waals surface area contributed by atoms with Crippen molar-refractivity contribution < 1.29 is 44.4 Å². The van der Waals surface area contributed by atoms with Crippen LogP contribution < -0.4 is 21.7 Å². The molecule has 3 amide bonds. The normalized spacial score (nSPS) is 17.0. The number of carboxylic acids is 2. The molecule has 0 heterocycles. The quantitative estimate of drug-likeness (QED) is 0.134. The van der Waals surface area contributed by atoms with Crippen molar-refractivity contribution in [2.24, 2.45) is 5.73 Å². The molecule has 0 aromatic rings. The number of hydrogen-bond donors (Lipinski definition) is 9. The van der Waals surface area contributed by atoms with Gasteiger partial charge in [-0.1, -0.05) is 0 Å². The van der Waals surface area contributed by atoms with Crippen LogP contribution in [0, 0.1) is 0 Å². The SMILES string of the molecule is CC(O)C(N)C(=O)NC(C(=O)NC(CC(=O)O)C(=O)NC(CS)C(=O)O)C(C)O. The van der Waals surface area contributed by atoms with Gasteiger partial charge in [-0.2, -0.15) is 12.6 Å². The van der Waals surface area contributed by atoms with Crippen molar-refractivity contribution in [1.82, 2.24) is 16.0 Å². The van der Waals surface area contributed by atoms with Gasteiger partial charge in [-0.25, -0.2) is 4.79 Å². The fourth-order valence-corrected chi connectivity index (χ4v) is 2.22. The van der Waals surface area contributed by atoms with Crippen LogP contribution in [-0.2, 0) is 24.0 Å². The second-order valence-corrected chi connectivity index (χ2v) is 6.60. The van der Waals surface area contributed by atoms with Crippen molar-refractivity contribution >= 4 is 42.3 Å². The number of amides is 3. The Hall–Kier alpha value is -2.42. The summed E-state index contributed by atoms with van der Waals surface area (Å²) in [6.45, 7) is 2.38. The summed E-state index contributed by atoms with van der Waals surface area (Å²) in [5.74, 6) is -6.39. The molecule has 6 unspecified atom stereocenters. The standard InChI is InChI=1S/C15H26N4O9S/c1-5(20)10(16)13(25)19-11(6(2)21)14(26)17-7(3-9(22)23)12(24)18-8(4-29)15(27)28/h5-8,10-11,20-21,29H,3-4,16H2,1-2H3,(H,17,26)(H,18,24)(H,19,25)(H,22,23)(H,27,28). The largest absolute Gasteiger partial charge is 0.481 e. The first-order chi connectivity index (χ1) is 13.3. The van der Waals surface area contributed by atoms with Gasteiger partial charge in [-0.15, -0.1) is 0 Å². The summed E-state index contributed by atoms with van der Waals surface area (Å²) in [7, 11) is 0. The highest BCUT2D eigenvalue weighted by Gasteiger charge is 2.33. The van der Waals surface area contributed by atoms with Crippen LogP contribution in [0.3, 0.4) is 0 Å². The number of thiol groups is 1. The molecule has 166 valence electrons. The zero-order valence-corrected chi connectivity index (χ0v) is 16.6. The highest BCUT2D eigenvalue weighted by atomic mass is 32.1. The van der Waals surface area contributed by atoms with Crippen molar-refractivity contribution in [1.29, 1.82) is 0 Å². The molecule has 14 heteroatoms. The van der Waals surface area contributed by atoms with E-state index in [0.29, 0.717) is 0 Å². The van der Waals surface area contributed by atoms with Gasteiger partial charge in [0.2, 0.25) is 17.7 Å². The van der Waals surface area contributed by atoms with Gasteiger partial charge < -0.3 is 42.1 Å². The van der Waals surface area contributed by atoms with Gasteiger partial charge in [0, 0.05) is 5.75 Å². The van der Waals surface area contributed by atoms with Crippen LogP contribution in [0.25, 0.3) is 0 Å². The van der Waals surface area contributed by atoms with E-state index in [1.807, 2.05) is 10.6 Å². The van der Waals surface area contributed by atoms with E-state index in [4.69, 9.17) is 15.9 Å². The zero-order chi connectivity index (χ0) is 22.9. The minimum Gasteiger partial charge on any atom is -0.481 e. The lowest BCUT2D eigenvalue weighted by Gasteiger charge is -2.26. The molecule has 6 atom stereocenters. The topological polar surface area (TPSA) is 228 Å². The van der Waals surface area contributed by atoms with Crippen molar-refractivity contribution in [3.63, 3.8) is 0 Å². The van der Waals surface area contributed by atoms with Crippen LogP contribution in [0.15, 0.2) is 0 Å². The molecular weight excluding hydrogens is 412 g/mol. The Kier molecular flexibility index (Phi) is 11.2. The third kappa shape index (κ3) is 9.08.